The number of ether oxygens (including phenoxy) is 1. The van der Waals surface area contributed by atoms with Crippen LogP contribution in [0, 0.1) is 0 Å². The second-order valence-corrected chi connectivity index (χ2v) is 7.63. The van der Waals surface area contributed by atoms with Crippen LogP contribution in [0.25, 0.3) is 11.0 Å². The molecule has 2 atom stereocenters. The lowest BCUT2D eigenvalue weighted by atomic mass is 9.97. The number of hydrogen-bond acceptors (Lipinski definition) is 3. The minimum atomic E-state index is 0.156. The van der Waals surface area contributed by atoms with Crippen molar-refractivity contribution in [3.8, 4) is 5.75 Å². The van der Waals surface area contributed by atoms with Gasteiger partial charge in [0.25, 0.3) is 0 Å². The lowest BCUT2D eigenvalue weighted by molar-refractivity contribution is -0.137. The Kier molecular flexibility index (Phi) is 5.33. The number of piperidine rings is 1. The zero-order chi connectivity index (χ0) is 19.5. The third-order valence-electron chi connectivity index (χ3n) is 5.62. The smallest absolute Gasteiger partial charge is 0.243 e. The van der Waals surface area contributed by atoms with E-state index in [1.807, 2.05) is 59.2 Å². The maximum absolute atomic E-state index is 13.2. The highest BCUT2D eigenvalue weighted by Crippen LogP contribution is 2.24. The fourth-order valence-electron chi connectivity index (χ4n) is 4.21. The average Bonchev–Trinajstić information content (AvgIpc) is 3.04. The molecule has 5 nitrogen and oxygen atoms in total. The number of aromatic nitrogens is 2. The number of rotatable bonds is 5. The molecule has 1 saturated heterocycles. The lowest BCUT2D eigenvalue weighted by Gasteiger charge is -2.39. The molecule has 0 spiro atoms. The van der Waals surface area contributed by atoms with Crippen LogP contribution in [0.1, 0.15) is 38.9 Å². The number of imidazole rings is 1. The van der Waals surface area contributed by atoms with Crippen molar-refractivity contribution in [3.63, 3.8) is 0 Å². The van der Waals surface area contributed by atoms with Crippen molar-refractivity contribution in [1.29, 1.82) is 0 Å². The zero-order valence-corrected chi connectivity index (χ0v) is 16.5. The number of fused-ring (bicyclic) bond motifs is 1. The molecule has 0 radical (unpaired) electrons. The van der Waals surface area contributed by atoms with Crippen molar-refractivity contribution in [2.24, 2.45) is 0 Å². The monoisotopic (exact) mass is 377 g/mol. The van der Waals surface area contributed by atoms with E-state index in [1.165, 1.54) is 6.42 Å². The minimum absolute atomic E-state index is 0.156. The highest BCUT2D eigenvalue weighted by molar-refractivity contribution is 5.81. The SMILES string of the molecule is CC1CCCC(C)N1C(=O)Cn1c(COc2ccccc2)nc2ccccc21. The first-order chi connectivity index (χ1) is 13.6. The van der Waals surface area contributed by atoms with Crippen molar-refractivity contribution in [2.45, 2.75) is 58.3 Å². The molecular formula is C23H27N3O2. The van der Waals surface area contributed by atoms with Gasteiger partial charge in [-0.15, -0.1) is 0 Å². The van der Waals surface area contributed by atoms with E-state index >= 15 is 0 Å². The van der Waals surface area contributed by atoms with Crippen molar-refractivity contribution >= 4 is 16.9 Å². The summed E-state index contributed by atoms with van der Waals surface area (Å²) < 4.78 is 7.93. The first-order valence-electron chi connectivity index (χ1n) is 10.1. The second kappa shape index (κ2) is 8.05. The standard InChI is InChI=1S/C23H27N3O2/c1-17-9-8-10-18(2)26(17)23(27)15-25-21-14-7-6-13-20(21)24-22(25)16-28-19-11-4-3-5-12-19/h3-7,11-14,17-18H,8-10,15-16H2,1-2H3. The largest absolute Gasteiger partial charge is 0.486 e. The van der Waals surface area contributed by atoms with Crippen molar-refractivity contribution < 1.29 is 9.53 Å². The van der Waals surface area contributed by atoms with Gasteiger partial charge in [0.15, 0.2) is 0 Å². The molecular weight excluding hydrogens is 350 g/mol. The summed E-state index contributed by atoms with van der Waals surface area (Å²) >= 11 is 0. The van der Waals surface area contributed by atoms with Crippen LogP contribution in [-0.2, 0) is 17.9 Å². The third kappa shape index (κ3) is 3.75. The summed E-state index contributed by atoms with van der Waals surface area (Å²) in [5.41, 5.74) is 1.86. The van der Waals surface area contributed by atoms with E-state index in [-0.39, 0.29) is 18.0 Å². The van der Waals surface area contributed by atoms with Gasteiger partial charge in [0.2, 0.25) is 5.91 Å². The molecule has 1 fully saturated rings. The molecule has 146 valence electrons. The Labute approximate surface area is 165 Å². The first kappa shape index (κ1) is 18.5. The summed E-state index contributed by atoms with van der Waals surface area (Å²) in [5, 5.41) is 0. The Bertz CT molecular complexity index is 941. The summed E-state index contributed by atoms with van der Waals surface area (Å²) in [7, 11) is 0. The maximum Gasteiger partial charge on any atom is 0.243 e. The average molecular weight is 377 g/mol. The van der Waals surface area contributed by atoms with Gasteiger partial charge < -0.3 is 14.2 Å². The van der Waals surface area contributed by atoms with E-state index in [0.717, 1.165) is 35.4 Å². The van der Waals surface area contributed by atoms with Crippen LogP contribution in [0.15, 0.2) is 54.6 Å². The predicted molar refractivity (Wildman–Crippen MR) is 110 cm³/mol. The van der Waals surface area contributed by atoms with E-state index in [9.17, 15) is 4.79 Å². The maximum atomic E-state index is 13.2. The van der Waals surface area contributed by atoms with E-state index in [4.69, 9.17) is 9.72 Å². The fourth-order valence-corrected chi connectivity index (χ4v) is 4.21. The molecule has 0 aliphatic carbocycles. The third-order valence-corrected chi connectivity index (χ3v) is 5.62. The molecule has 5 heteroatoms. The molecule has 1 aliphatic rings. The van der Waals surface area contributed by atoms with Crippen molar-refractivity contribution in [2.75, 3.05) is 0 Å². The molecule has 0 saturated carbocycles. The molecule has 1 amide bonds. The van der Waals surface area contributed by atoms with E-state index in [2.05, 4.69) is 18.7 Å². The summed E-state index contributed by atoms with van der Waals surface area (Å²) in [6.45, 7) is 4.93. The quantitative estimate of drug-likeness (QED) is 0.662. The number of para-hydroxylation sites is 3. The Morgan fingerprint density at radius 1 is 1.04 bits per heavy atom. The molecule has 3 aromatic rings. The summed E-state index contributed by atoms with van der Waals surface area (Å²) in [4.78, 5) is 20.0. The van der Waals surface area contributed by atoms with E-state index in [0.29, 0.717) is 13.2 Å². The highest BCUT2D eigenvalue weighted by atomic mass is 16.5. The van der Waals surface area contributed by atoms with Gasteiger partial charge in [0, 0.05) is 12.1 Å². The van der Waals surface area contributed by atoms with Gasteiger partial charge in [-0.1, -0.05) is 30.3 Å². The zero-order valence-electron chi connectivity index (χ0n) is 16.5. The number of hydrogen-bond donors (Lipinski definition) is 0. The lowest BCUT2D eigenvalue weighted by Crippen LogP contribution is -2.48. The molecule has 2 aromatic carbocycles. The van der Waals surface area contributed by atoms with Crippen LogP contribution in [-0.4, -0.2) is 32.4 Å². The number of amides is 1. The summed E-state index contributed by atoms with van der Waals surface area (Å²) in [6.07, 6.45) is 3.34. The molecule has 1 aliphatic heterocycles. The molecule has 4 rings (SSSR count). The topological polar surface area (TPSA) is 47.4 Å². The molecule has 0 bridgehead atoms. The van der Waals surface area contributed by atoms with Gasteiger partial charge >= 0.3 is 0 Å². The van der Waals surface area contributed by atoms with E-state index in [1.54, 1.807) is 0 Å². The number of nitrogens with zero attached hydrogens (tertiary/aromatic N) is 3. The van der Waals surface area contributed by atoms with Crippen LogP contribution in [0.4, 0.5) is 0 Å². The Balaban J connectivity index is 1.60. The highest BCUT2D eigenvalue weighted by Gasteiger charge is 2.29. The fraction of sp³-hybridized carbons (Fsp3) is 0.391. The summed E-state index contributed by atoms with van der Waals surface area (Å²) in [5.74, 6) is 1.73. The number of benzene rings is 2. The van der Waals surface area contributed by atoms with Crippen LogP contribution in [0.2, 0.25) is 0 Å². The van der Waals surface area contributed by atoms with Gasteiger partial charge in [0.05, 0.1) is 11.0 Å². The van der Waals surface area contributed by atoms with Gasteiger partial charge in [0.1, 0.15) is 24.7 Å². The van der Waals surface area contributed by atoms with Gasteiger partial charge in [-0.25, -0.2) is 4.98 Å². The Morgan fingerprint density at radius 3 is 2.46 bits per heavy atom. The van der Waals surface area contributed by atoms with Gasteiger partial charge in [-0.3, -0.25) is 4.79 Å². The van der Waals surface area contributed by atoms with Crippen LogP contribution < -0.4 is 4.74 Å². The van der Waals surface area contributed by atoms with Crippen LogP contribution in [0.5, 0.6) is 5.75 Å². The minimum Gasteiger partial charge on any atom is -0.486 e. The summed E-state index contributed by atoms with van der Waals surface area (Å²) in [6, 6.07) is 18.2. The number of carbonyl (C=O) groups excluding carboxylic acids is 1. The second-order valence-electron chi connectivity index (χ2n) is 7.63. The number of carbonyl (C=O) groups is 1. The van der Waals surface area contributed by atoms with Gasteiger partial charge in [-0.05, 0) is 57.4 Å². The van der Waals surface area contributed by atoms with E-state index < -0.39 is 0 Å². The Hall–Kier alpha value is -2.82. The first-order valence-corrected chi connectivity index (χ1v) is 10.1. The van der Waals surface area contributed by atoms with Crippen molar-refractivity contribution in [1.82, 2.24) is 14.5 Å². The molecule has 2 unspecified atom stereocenters. The molecule has 1 aromatic heterocycles. The number of likely N-dealkylation sites (tertiary alicyclic amines) is 1. The van der Waals surface area contributed by atoms with Crippen molar-refractivity contribution in [3.05, 3.63) is 60.4 Å². The normalized spacial score (nSPS) is 19.7. The molecule has 0 N–H and O–H groups in total. The Morgan fingerprint density at radius 2 is 1.71 bits per heavy atom. The van der Waals surface area contributed by atoms with Crippen LogP contribution in [0.3, 0.4) is 0 Å². The molecule has 2 heterocycles. The molecule has 28 heavy (non-hydrogen) atoms. The predicted octanol–water partition coefficient (Wildman–Crippen LogP) is 4.40. The van der Waals surface area contributed by atoms with Gasteiger partial charge in [-0.2, -0.15) is 0 Å². The van der Waals surface area contributed by atoms with Crippen LogP contribution >= 0.6 is 0 Å².